The van der Waals surface area contributed by atoms with Crippen LogP contribution in [-0.2, 0) is 30.8 Å². The molecule has 0 saturated carbocycles. The van der Waals surface area contributed by atoms with Gasteiger partial charge in [0.15, 0.2) is 0 Å². The average molecular weight is 633 g/mol. The van der Waals surface area contributed by atoms with Gasteiger partial charge in [0.25, 0.3) is 6.47 Å². The van der Waals surface area contributed by atoms with Crippen LogP contribution in [0.15, 0.2) is 59.5 Å². The molecule has 0 radical (unpaired) electrons. The number of benzene rings is 2. The van der Waals surface area contributed by atoms with E-state index in [9.17, 15) is 27.9 Å². The molecule has 0 aliphatic carbocycles. The summed E-state index contributed by atoms with van der Waals surface area (Å²) < 4.78 is 33.1. The van der Waals surface area contributed by atoms with Gasteiger partial charge in [0.05, 0.1) is 30.1 Å². The van der Waals surface area contributed by atoms with Crippen molar-refractivity contribution in [1.29, 1.82) is 0 Å². The highest BCUT2D eigenvalue weighted by Crippen LogP contribution is 2.22. The molecule has 0 spiro atoms. The van der Waals surface area contributed by atoms with Crippen LogP contribution >= 0.6 is 0 Å². The van der Waals surface area contributed by atoms with Crippen LogP contribution in [0.2, 0.25) is 0 Å². The number of ether oxygens (including phenoxy) is 1. The van der Waals surface area contributed by atoms with Gasteiger partial charge in [-0.05, 0) is 68.1 Å². The van der Waals surface area contributed by atoms with Gasteiger partial charge in [-0.25, -0.2) is 8.42 Å². The number of carbonyl (C=O) groups excluding carboxylic acids is 3. The van der Waals surface area contributed by atoms with Crippen molar-refractivity contribution in [3.05, 3.63) is 60.2 Å². The molecule has 12 heteroatoms. The number of aliphatic hydroxyl groups excluding tert-OH is 1. The molecule has 244 valence electrons. The van der Waals surface area contributed by atoms with Gasteiger partial charge >= 0.3 is 0 Å². The number of likely N-dealkylation sites (tertiary alicyclic amines) is 1. The molecule has 44 heavy (non-hydrogen) atoms. The Bertz CT molecular complexity index is 1250. The zero-order chi connectivity index (χ0) is 32.5. The van der Waals surface area contributed by atoms with Gasteiger partial charge in [-0.3, -0.25) is 19.3 Å². The SMILES string of the molecule is CC(C)CN(C[C@@H](O)[C@H](Cc1ccccc1)NC(=O)CNC(=O)CN1CCCC1)S(=O)(=O)c1ccc(OC=O)cc1.CCC. The topological polar surface area (TPSA) is 145 Å². The second-order valence-corrected chi connectivity index (χ2v) is 13.2. The van der Waals surface area contributed by atoms with E-state index in [1.807, 2.05) is 49.1 Å². The lowest BCUT2D eigenvalue weighted by Crippen LogP contribution is -2.53. The number of hydrogen-bond donors (Lipinski definition) is 3. The largest absolute Gasteiger partial charge is 0.429 e. The summed E-state index contributed by atoms with van der Waals surface area (Å²) in [7, 11) is -4.04. The van der Waals surface area contributed by atoms with E-state index in [0.717, 1.165) is 31.5 Å². The van der Waals surface area contributed by atoms with Gasteiger partial charge < -0.3 is 20.5 Å². The molecule has 0 bridgehead atoms. The maximum absolute atomic E-state index is 13.6. The van der Waals surface area contributed by atoms with Crippen molar-refractivity contribution in [3.8, 4) is 5.75 Å². The number of carbonyl (C=O) groups is 3. The third-order valence-electron chi connectivity index (χ3n) is 6.73. The van der Waals surface area contributed by atoms with E-state index < -0.39 is 28.1 Å². The van der Waals surface area contributed by atoms with Crippen LogP contribution in [0.4, 0.5) is 0 Å². The normalized spacial score (nSPS) is 14.8. The zero-order valence-electron chi connectivity index (χ0n) is 26.3. The number of nitrogens with zero attached hydrogens (tertiary/aromatic N) is 2. The Morgan fingerprint density at radius 2 is 1.61 bits per heavy atom. The first-order chi connectivity index (χ1) is 21.0. The minimum absolute atomic E-state index is 0.0204. The Hall–Kier alpha value is -3.32. The first-order valence-corrected chi connectivity index (χ1v) is 16.6. The number of amides is 2. The van der Waals surface area contributed by atoms with E-state index in [-0.39, 0.29) is 61.5 Å². The summed E-state index contributed by atoms with van der Waals surface area (Å²) in [6.45, 7) is 9.78. The minimum atomic E-state index is -4.04. The van der Waals surface area contributed by atoms with Crippen LogP contribution in [0.3, 0.4) is 0 Å². The van der Waals surface area contributed by atoms with E-state index in [0.29, 0.717) is 0 Å². The van der Waals surface area contributed by atoms with Crippen LogP contribution in [-0.4, -0.2) is 92.4 Å². The minimum Gasteiger partial charge on any atom is -0.429 e. The van der Waals surface area contributed by atoms with Gasteiger partial charge in [-0.15, -0.1) is 0 Å². The summed E-state index contributed by atoms with van der Waals surface area (Å²) in [4.78, 5) is 37.7. The van der Waals surface area contributed by atoms with Crippen molar-refractivity contribution >= 4 is 28.3 Å². The monoisotopic (exact) mass is 632 g/mol. The lowest BCUT2D eigenvalue weighted by atomic mass is 10.0. The number of nitrogens with one attached hydrogen (secondary N) is 2. The molecular formula is C32H48N4O7S. The predicted octanol–water partition coefficient (Wildman–Crippen LogP) is 2.59. The van der Waals surface area contributed by atoms with E-state index in [2.05, 4.69) is 24.5 Å². The summed E-state index contributed by atoms with van der Waals surface area (Å²) in [6, 6.07) is 13.8. The quantitative estimate of drug-likeness (QED) is 0.240. The highest BCUT2D eigenvalue weighted by molar-refractivity contribution is 7.89. The van der Waals surface area contributed by atoms with E-state index in [1.165, 1.54) is 35.0 Å². The molecule has 11 nitrogen and oxygen atoms in total. The maximum Gasteiger partial charge on any atom is 0.298 e. The molecule has 2 amide bonds. The Labute approximate surface area is 262 Å². The molecule has 1 aliphatic rings. The molecule has 1 heterocycles. The predicted molar refractivity (Wildman–Crippen MR) is 169 cm³/mol. The number of hydrogen-bond acceptors (Lipinski definition) is 8. The Kier molecular flexibility index (Phi) is 16.0. The fraction of sp³-hybridized carbons (Fsp3) is 0.531. The molecule has 0 unspecified atom stereocenters. The van der Waals surface area contributed by atoms with E-state index in [4.69, 9.17) is 4.74 Å². The summed E-state index contributed by atoms with van der Waals surface area (Å²) in [6.07, 6.45) is 2.35. The second-order valence-electron chi connectivity index (χ2n) is 11.3. The first kappa shape index (κ1) is 36.9. The molecule has 3 rings (SSSR count). The molecule has 3 N–H and O–H groups in total. The fourth-order valence-electron chi connectivity index (χ4n) is 4.70. The van der Waals surface area contributed by atoms with Crippen LogP contribution < -0.4 is 15.4 Å². The zero-order valence-corrected chi connectivity index (χ0v) is 27.1. The fourth-order valence-corrected chi connectivity index (χ4v) is 6.32. The van der Waals surface area contributed by atoms with Gasteiger partial charge in [0.2, 0.25) is 21.8 Å². The Morgan fingerprint density at radius 1 is 1.00 bits per heavy atom. The summed E-state index contributed by atoms with van der Waals surface area (Å²) >= 11 is 0. The Balaban J connectivity index is 0.00000216. The molecule has 0 aromatic heterocycles. The van der Waals surface area contributed by atoms with Crippen molar-refractivity contribution in [2.45, 2.75) is 70.4 Å². The van der Waals surface area contributed by atoms with Gasteiger partial charge in [0, 0.05) is 13.1 Å². The van der Waals surface area contributed by atoms with Crippen LogP contribution in [0.1, 0.15) is 52.5 Å². The Morgan fingerprint density at radius 3 is 2.18 bits per heavy atom. The van der Waals surface area contributed by atoms with Gasteiger partial charge in [-0.2, -0.15) is 4.31 Å². The van der Waals surface area contributed by atoms with Crippen molar-refractivity contribution in [1.82, 2.24) is 19.8 Å². The molecule has 2 atom stereocenters. The van der Waals surface area contributed by atoms with E-state index >= 15 is 0 Å². The number of aliphatic hydroxyl groups is 1. The highest BCUT2D eigenvalue weighted by Gasteiger charge is 2.31. The lowest BCUT2D eigenvalue weighted by Gasteiger charge is -2.31. The molecule has 1 saturated heterocycles. The van der Waals surface area contributed by atoms with Crippen molar-refractivity contribution < 1.29 is 32.6 Å². The van der Waals surface area contributed by atoms with Gasteiger partial charge in [0.1, 0.15) is 5.75 Å². The lowest BCUT2D eigenvalue weighted by molar-refractivity contribution is -0.127. The first-order valence-electron chi connectivity index (χ1n) is 15.2. The van der Waals surface area contributed by atoms with Crippen molar-refractivity contribution in [2.75, 3.05) is 39.3 Å². The number of rotatable bonds is 16. The molecule has 1 aliphatic heterocycles. The van der Waals surface area contributed by atoms with Crippen LogP contribution in [0.25, 0.3) is 0 Å². The maximum atomic E-state index is 13.6. The standard InChI is InChI=1S/C29H40N4O7S.C3H8/c1-22(2)18-33(41(38,39)25-12-10-24(11-13-25)40-21-34)19-27(35)26(16-23-8-4-3-5-9-23)31-28(36)17-30-29(37)20-32-14-6-7-15-32;1-3-2/h3-5,8-13,21-22,26-27,35H,6-7,14-20H2,1-2H3,(H,30,37)(H,31,36);3H2,1-2H3/t26-,27+;/m0./s1. The third-order valence-corrected chi connectivity index (χ3v) is 8.57. The summed E-state index contributed by atoms with van der Waals surface area (Å²) in [5.41, 5.74) is 0.846. The average Bonchev–Trinajstić information content (AvgIpc) is 3.49. The second kappa shape index (κ2) is 19.1. The summed E-state index contributed by atoms with van der Waals surface area (Å²) in [5, 5.41) is 16.7. The molecule has 2 aromatic rings. The highest BCUT2D eigenvalue weighted by atomic mass is 32.2. The van der Waals surface area contributed by atoms with Crippen molar-refractivity contribution in [2.24, 2.45) is 5.92 Å². The third kappa shape index (κ3) is 12.7. The molecule has 1 fully saturated rings. The smallest absolute Gasteiger partial charge is 0.298 e. The van der Waals surface area contributed by atoms with Gasteiger partial charge in [-0.1, -0.05) is 64.4 Å². The number of sulfonamides is 1. The molecule has 2 aromatic carbocycles. The molecular weight excluding hydrogens is 584 g/mol. The van der Waals surface area contributed by atoms with Crippen molar-refractivity contribution in [3.63, 3.8) is 0 Å². The van der Waals surface area contributed by atoms with E-state index in [1.54, 1.807) is 0 Å². The van der Waals surface area contributed by atoms with Crippen LogP contribution in [0.5, 0.6) is 5.75 Å². The van der Waals surface area contributed by atoms with Crippen LogP contribution in [0, 0.1) is 5.92 Å². The summed E-state index contributed by atoms with van der Waals surface area (Å²) in [5.74, 6) is -0.583.